The molecule has 0 radical (unpaired) electrons. The number of ketones is 1. The number of pyridine rings is 1. The first-order chi connectivity index (χ1) is 15.1. The molecule has 1 aliphatic heterocycles. The van der Waals surface area contributed by atoms with E-state index in [0.29, 0.717) is 17.2 Å². The van der Waals surface area contributed by atoms with Crippen LogP contribution in [0.3, 0.4) is 0 Å². The molecule has 4 rings (SSSR count). The zero-order valence-electron chi connectivity index (χ0n) is 16.9. The number of amides is 1. The molecule has 2 aromatic heterocycles. The molecule has 31 heavy (non-hydrogen) atoms. The lowest BCUT2D eigenvalue weighted by molar-refractivity contribution is -0.140. The summed E-state index contributed by atoms with van der Waals surface area (Å²) in [5.41, 5.74) is 0.638. The van der Waals surface area contributed by atoms with Crippen LogP contribution in [0.15, 0.2) is 65.7 Å². The molecule has 1 aromatic carbocycles. The lowest BCUT2D eigenvalue weighted by Crippen LogP contribution is -2.29. The van der Waals surface area contributed by atoms with E-state index in [4.69, 9.17) is 9.47 Å². The second kappa shape index (κ2) is 8.61. The van der Waals surface area contributed by atoms with Gasteiger partial charge in [0.05, 0.1) is 32.0 Å². The van der Waals surface area contributed by atoms with Crippen LogP contribution in [0.1, 0.15) is 22.2 Å². The van der Waals surface area contributed by atoms with Gasteiger partial charge in [-0.1, -0.05) is 18.2 Å². The summed E-state index contributed by atoms with van der Waals surface area (Å²) in [6.07, 6.45) is 1.59. The average Bonchev–Trinajstić information content (AvgIpc) is 3.41. The van der Waals surface area contributed by atoms with E-state index in [1.165, 1.54) is 30.5 Å². The van der Waals surface area contributed by atoms with Crippen LogP contribution in [-0.4, -0.2) is 40.9 Å². The molecule has 1 N–H and O–H groups in total. The third-order valence-electron chi connectivity index (χ3n) is 5.08. The fraction of sp³-hybridized carbons (Fsp3) is 0.174. The fourth-order valence-electron chi connectivity index (χ4n) is 3.68. The van der Waals surface area contributed by atoms with Gasteiger partial charge in [-0.05, 0) is 35.7 Å². The SMILES string of the molecule is COc1cccc(OC)c1/C(O)=C1\C(=O)C(=O)N(Cc2cccs2)C1c1ccccn1. The molecule has 1 fully saturated rings. The van der Waals surface area contributed by atoms with E-state index in [1.54, 1.807) is 42.6 Å². The van der Waals surface area contributed by atoms with Crippen LogP contribution >= 0.6 is 11.3 Å². The van der Waals surface area contributed by atoms with Crippen LogP contribution in [0.4, 0.5) is 0 Å². The third-order valence-corrected chi connectivity index (χ3v) is 5.94. The monoisotopic (exact) mass is 436 g/mol. The summed E-state index contributed by atoms with van der Waals surface area (Å²) in [4.78, 5) is 32.9. The molecule has 158 valence electrons. The first-order valence-corrected chi connectivity index (χ1v) is 10.4. The van der Waals surface area contributed by atoms with Crippen molar-refractivity contribution >= 4 is 28.8 Å². The second-order valence-corrected chi connectivity index (χ2v) is 7.83. The Morgan fingerprint density at radius 1 is 1.06 bits per heavy atom. The lowest BCUT2D eigenvalue weighted by Gasteiger charge is -2.24. The van der Waals surface area contributed by atoms with Crippen molar-refractivity contribution in [2.45, 2.75) is 12.6 Å². The Hall–Kier alpha value is -3.65. The Labute approximate surface area is 183 Å². The number of benzene rings is 1. The molecule has 1 amide bonds. The zero-order valence-corrected chi connectivity index (χ0v) is 17.8. The largest absolute Gasteiger partial charge is 0.506 e. The normalized spacial score (nSPS) is 17.7. The van der Waals surface area contributed by atoms with Crippen molar-refractivity contribution in [3.63, 3.8) is 0 Å². The molecule has 7 nitrogen and oxygen atoms in total. The predicted octanol–water partition coefficient (Wildman–Crippen LogP) is 3.78. The maximum Gasteiger partial charge on any atom is 0.296 e. The van der Waals surface area contributed by atoms with Crippen molar-refractivity contribution in [2.24, 2.45) is 0 Å². The van der Waals surface area contributed by atoms with E-state index in [2.05, 4.69) is 4.98 Å². The Bertz CT molecular complexity index is 1120. The minimum atomic E-state index is -0.849. The average molecular weight is 436 g/mol. The lowest BCUT2D eigenvalue weighted by atomic mass is 9.97. The summed E-state index contributed by atoms with van der Waals surface area (Å²) >= 11 is 1.48. The highest BCUT2D eigenvalue weighted by atomic mass is 32.1. The van der Waals surface area contributed by atoms with Crippen LogP contribution in [0.5, 0.6) is 11.5 Å². The molecule has 3 aromatic rings. The number of likely N-dealkylation sites (tertiary alicyclic amines) is 1. The Morgan fingerprint density at radius 3 is 2.39 bits per heavy atom. The molecule has 0 aliphatic carbocycles. The molecule has 1 unspecified atom stereocenters. The number of Topliss-reactive ketones (excluding diaryl/α,β-unsaturated/α-hetero) is 1. The van der Waals surface area contributed by atoms with Gasteiger partial charge < -0.3 is 19.5 Å². The van der Waals surface area contributed by atoms with Gasteiger partial charge in [-0.2, -0.15) is 0 Å². The van der Waals surface area contributed by atoms with E-state index in [1.807, 2.05) is 17.5 Å². The number of hydrogen-bond donors (Lipinski definition) is 1. The molecule has 3 heterocycles. The summed E-state index contributed by atoms with van der Waals surface area (Å²) in [5.74, 6) is -1.20. The summed E-state index contributed by atoms with van der Waals surface area (Å²) in [6.45, 7) is 0.226. The number of thiophene rings is 1. The van der Waals surface area contributed by atoms with E-state index >= 15 is 0 Å². The van der Waals surface area contributed by atoms with E-state index in [9.17, 15) is 14.7 Å². The molecule has 0 spiro atoms. The van der Waals surface area contributed by atoms with Crippen LogP contribution in [0.25, 0.3) is 5.76 Å². The number of carbonyl (C=O) groups is 2. The standard InChI is InChI=1S/C23H20N2O5S/c1-29-16-9-5-10-17(30-2)18(16)21(26)19-20(15-8-3-4-11-24-15)25(23(28)22(19)27)13-14-7-6-12-31-14/h3-12,20,26H,13H2,1-2H3/b21-19+. The van der Waals surface area contributed by atoms with Gasteiger partial charge in [-0.25, -0.2) is 0 Å². The number of nitrogens with zero attached hydrogens (tertiary/aromatic N) is 2. The quantitative estimate of drug-likeness (QED) is 0.359. The molecule has 1 saturated heterocycles. The van der Waals surface area contributed by atoms with Crippen molar-refractivity contribution in [1.29, 1.82) is 0 Å². The Kier molecular flexibility index (Phi) is 5.73. The number of aliphatic hydroxyl groups is 1. The highest BCUT2D eigenvalue weighted by molar-refractivity contribution is 7.09. The molecule has 0 bridgehead atoms. The van der Waals surface area contributed by atoms with Gasteiger partial charge in [-0.15, -0.1) is 11.3 Å². The van der Waals surface area contributed by atoms with Crippen LogP contribution in [0, 0.1) is 0 Å². The van der Waals surface area contributed by atoms with Crippen LogP contribution in [-0.2, 0) is 16.1 Å². The maximum absolute atomic E-state index is 13.1. The topological polar surface area (TPSA) is 89.0 Å². The van der Waals surface area contributed by atoms with Gasteiger partial charge >= 0.3 is 0 Å². The van der Waals surface area contributed by atoms with E-state index < -0.39 is 17.7 Å². The van der Waals surface area contributed by atoms with Gasteiger partial charge in [0, 0.05) is 11.1 Å². The Balaban J connectivity index is 1.93. The smallest absolute Gasteiger partial charge is 0.296 e. The zero-order chi connectivity index (χ0) is 22.0. The van der Waals surface area contributed by atoms with Crippen LogP contribution < -0.4 is 9.47 Å². The summed E-state index contributed by atoms with van der Waals surface area (Å²) in [7, 11) is 2.91. The number of methoxy groups -OCH3 is 2. The van der Waals surface area contributed by atoms with Crippen molar-refractivity contribution in [2.75, 3.05) is 14.2 Å². The number of rotatable bonds is 6. The number of carbonyl (C=O) groups excluding carboxylic acids is 2. The molecule has 1 aliphatic rings. The number of ether oxygens (including phenoxy) is 2. The second-order valence-electron chi connectivity index (χ2n) is 6.80. The van der Waals surface area contributed by atoms with Crippen molar-refractivity contribution in [3.05, 3.63) is 81.8 Å². The van der Waals surface area contributed by atoms with E-state index in [0.717, 1.165) is 4.88 Å². The molecular weight excluding hydrogens is 416 g/mol. The van der Waals surface area contributed by atoms with Crippen molar-refractivity contribution in [1.82, 2.24) is 9.88 Å². The van der Waals surface area contributed by atoms with Gasteiger partial charge in [0.15, 0.2) is 0 Å². The minimum absolute atomic E-state index is 0.0527. The van der Waals surface area contributed by atoms with Crippen molar-refractivity contribution < 1.29 is 24.2 Å². The molecule has 0 saturated carbocycles. The number of aromatic nitrogens is 1. The first kappa shape index (κ1) is 20.6. The predicted molar refractivity (Wildman–Crippen MR) is 116 cm³/mol. The summed E-state index contributed by atoms with van der Waals surface area (Å²) < 4.78 is 10.8. The third kappa shape index (κ3) is 3.66. The van der Waals surface area contributed by atoms with Gasteiger partial charge in [0.2, 0.25) is 0 Å². The molecular formula is C23H20N2O5S. The minimum Gasteiger partial charge on any atom is -0.506 e. The first-order valence-electron chi connectivity index (χ1n) is 9.50. The molecule has 1 atom stereocenters. The van der Waals surface area contributed by atoms with Gasteiger partial charge in [0.1, 0.15) is 28.9 Å². The maximum atomic E-state index is 13.1. The fourth-order valence-corrected chi connectivity index (χ4v) is 4.38. The van der Waals surface area contributed by atoms with Crippen molar-refractivity contribution in [3.8, 4) is 11.5 Å². The highest BCUT2D eigenvalue weighted by Crippen LogP contribution is 2.43. The summed E-state index contributed by atoms with van der Waals surface area (Å²) in [5, 5.41) is 13.2. The molecule has 8 heteroatoms. The van der Waals surface area contributed by atoms with E-state index in [-0.39, 0.29) is 23.4 Å². The van der Waals surface area contributed by atoms with Crippen LogP contribution in [0.2, 0.25) is 0 Å². The van der Waals surface area contributed by atoms with Gasteiger partial charge in [0.25, 0.3) is 11.7 Å². The number of hydrogen-bond acceptors (Lipinski definition) is 7. The van der Waals surface area contributed by atoms with Gasteiger partial charge in [-0.3, -0.25) is 14.6 Å². The number of aliphatic hydroxyl groups excluding tert-OH is 1. The summed E-state index contributed by atoms with van der Waals surface area (Å²) in [6, 6.07) is 13.2. The highest BCUT2D eigenvalue weighted by Gasteiger charge is 2.47. The Morgan fingerprint density at radius 2 is 1.81 bits per heavy atom.